The summed E-state index contributed by atoms with van der Waals surface area (Å²) in [5.74, 6) is 0.0829. The van der Waals surface area contributed by atoms with Crippen LogP contribution >= 0.6 is 0 Å². The number of fused-ring (bicyclic) bond motifs is 1. The lowest BCUT2D eigenvalue weighted by molar-refractivity contribution is -0.0755. The van der Waals surface area contributed by atoms with Gasteiger partial charge in [0.25, 0.3) is 5.91 Å². The van der Waals surface area contributed by atoms with Crippen molar-refractivity contribution in [1.29, 1.82) is 0 Å². The molecule has 0 unspecified atom stereocenters. The predicted molar refractivity (Wildman–Crippen MR) is 92.9 cm³/mol. The van der Waals surface area contributed by atoms with E-state index in [2.05, 4.69) is 31.8 Å². The molecule has 0 radical (unpaired) electrons. The topological polar surface area (TPSA) is 45.3 Å². The van der Waals surface area contributed by atoms with Gasteiger partial charge in [-0.1, -0.05) is 12.1 Å². The zero-order valence-electron chi connectivity index (χ0n) is 14.7. The van der Waals surface area contributed by atoms with Gasteiger partial charge in [-0.2, -0.15) is 0 Å². The second-order valence-corrected chi connectivity index (χ2v) is 7.27. The van der Waals surface area contributed by atoms with Crippen LogP contribution in [-0.2, 0) is 4.74 Å². The predicted octanol–water partition coefficient (Wildman–Crippen LogP) is 3.81. The Morgan fingerprint density at radius 3 is 2.78 bits per heavy atom. The fourth-order valence-electron chi connectivity index (χ4n) is 3.55. The zero-order valence-corrected chi connectivity index (χ0v) is 14.7. The van der Waals surface area contributed by atoms with E-state index in [1.165, 1.54) is 5.56 Å². The molecule has 124 valence electrons. The molecule has 4 nitrogen and oxygen atoms in total. The van der Waals surface area contributed by atoms with Gasteiger partial charge in [0.1, 0.15) is 0 Å². The summed E-state index contributed by atoms with van der Waals surface area (Å²) in [7, 11) is 1.91. The van der Waals surface area contributed by atoms with E-state index in [0.717, 1.165) is 35.0 Å². The third kappa shape index (κ3) is 2.88. The molecule has 23 heavy (non-hydrogen) atoms. The number of nitrogens with zero attached hydrogens (tertiary/aromatic N) is 1. The minimum atomic E-state index is -0.164. The smallest absolute Gasteiger partial charge is 0.255 e. The normalized spacial score (nSPS) is 20.7. The Hall–Kier alpha value is -1.81. The highest BCUT2D eigenvalue weighted by Gasteiger charge is 2.33. The number of hydrogen-bond acceptors (Lipinski definition) is 2. The van der Waals surface area contributed by atoms with Gasteiger partial charge in [0.2, 0.25) is 0 Å². The molecule has 1 N–H and O–H groups in total. The molecule has 1 atom stereocenters. The van der Waals surface area contributed by atoms with Crippen LogP contribution in [0.5, 0.6) is 0 Å². The summed E-state index contributed by atoms with van der Waals surface area (Å²) >= 11 is 0. The highest BCUT2D eigenvalue weighted by atomic mass is 16.5. The van der Waals surface area contributed by atoms with Crippen molar-refractivity contribution >= 4 is 16.8 Å². The van der Waals surface area contributed by atoms with Gasteiger partial charge in [-0.3, -0.25) is 4.79 Å². The van der Waals surface area contributed by atoms with E-state index in [0.29, 0.717) is 6.61 Å². The molecule has 1 amide bonds. The number of aryl methyl sites for hydroxylation is 2. The van der Waals surface area contributed by atoms with Gasteiger partial charge in [-0.05, 0) is 52.2 Å². The van der Waals surface area contributed by atoms with Crippen molar-refractivity contribution in [3.63, 3.8) is 0 Å². The molecule has 1 aromatic carbocycles. The van der Waals surface area contributed by atoms with Gasteiger partial charge in [-0.25, -0.2) is 0 Å². The van der Waals surface area contributed by atoms with Crippen LogP contribution in [0.15, 0.2) is 18.2 Å². The maximum atomic E-state index is 13.1. The molecular formula is C19H26N2O2. The molecule has 1 aliphatic rings. The van der Waals surface area contributed by atoms with Crippen molar-refractivity contribution in [3.05, 3.63) is 35.0 Å². The largest absolute Gasteiger partial charge is 0.375 e. The molecule has 0 bridgehead atoms. The summed E-state index contributed by atoms with van der Waals surface area (Å²) < 4.78 is 5.78. The van der Waals surface area contributed by atoms with Gasteiger partial charge in [0, 0.05) is 30.8 Å². The molecule has 1 fully saturated rings. The van der Waals surface area contributed by atoms with E-state index in [4.69, 9.17) is 4.74 Å². The molecule has 0 saturated carbocycles. The van der Waals surface area contributed by atoms with Gasteiger partial charge in [0.05, 0.1) is 16.7 Å². The first kappa shape index (κ1) is 16.1. The number of rotatable bonds is 2. The SMILES string of the molecule is Cc1[nH]c2c(C(=O)N(C)[C@@H]3CCOC(C)(C)C3)cccc2c1C. The van der Waals surface area contributed by atoms with Crippen molar-refractivity contribution in [2.24, 2.45) is 0 Å². The monoisotopic (exact) mass is 314 g/mol. The molecule has 1 saturated heterocycles. The lowest BCUT2D eigenvalue weighted by Crippen LogP contribution is -2.46. The van der Waals surface area contributed by atoms with Gasteiger partial charge < -0.3 is 14.6 Å². The molecular weight excluding hydrogens is 288 g/mol. The summed E-state index contributed by atoms with van der Waals surface area (Å²) in [5, 5.41) is 1.13. The van der Waals surface area contributed by atoms with Gasteiger partial charge in [0.15, 0.2) is 0 Å². The Balaban J connectivity index is 1.92. The molecule has 1 aliphatic heterocycles. The summed E-state index contributed by atoms with van der Waals surface area (Å²) in [6.07, 6.45) is 1.76. The van der Waals surface area contributed by atoms with E-state index in [1.54, 1.807) is 0 Å². The summed E-state index contributed by atoms with van der Waals surface area (Å²) in [4.78, 5) is 18.3. The number of nitrogens with one attached hydrogen (secondary N) is 1. The number of aromatic nitrogens is 1. The Morgan fingerprint density at radius 1 is 1.35 bits per heavy atom. The lowest BCUT2D eigenvalue weighted by Gasteiger charge is -2.39. The van der Waals surface area contributed by atoms with Crippen LogP contribution in [0.1, 0.15) is 48.3 Å². The van der Waals surface area contributed by atoms with Crippen molar-refractivity contribution in [2.75, 3.05) is 13.7 Å². The van der Waals surface area contributed by atoms with Crippen LogP contribution in [0.3, 0.4) is 0 Å². The average Bonchev–Trinajstić information content (AvgIpc) is 2.80. The lowest BCUT2D eigenvalue weighted by atomic mass is 9.92. The molecule has 0 aliphatic carbocycles. The van der Waals surface area contributed by atoms with Crippen LogP contribution in [0.2, 0.25) is 0 Å². The first-order chi connectivity index (χ1) is 10.8. The van der Waals surface area contributed by atoms with E-state index < -0.39 is 0 Å². The Labute approximate surface area is 137 Å². The number of carbonyl (C=O) groups is 1. The van der Waals surface area contributed by atoms with Crippen molar-refractivity contribution in [2.45, 2.75) is 52.2 Å². The Bertz CT molecular complexity index is 745. The summed E-state index contributed by atoms with van der Waals surface area (Å²) in [6, 6.07) is 6.18. The van der Waals surface area contributed by atoms with Crippen LogP contribution < -0.4 is 0 Å². The number of amides is 1. The van der Waals surface area contributed by atoms with Crippen molar-refractivity contribution < 1.29 is 9.53 Å². The second kappa shape index (κ2) is 5.68. The van der Waals surface area contributed by atoms with Crippen LogP contribution in [-0.4, -0.2) is 41.1 Å². The van der Waals surface area contributed by atoms with E-state index in [9.17, 15) is 4.79 Å². The molecule has 3 rings (SSSR count). The Kier molecular flexibility index (Phi) is 3.96. The van der Waals surface area contributed by atoms with Crippen LogP contribution in [0.25, 0.3) is 10.9 Å². The second-order valence-electron chi connectivity index (χ2n) is 7.27. The third-order valence-electron chi connectivity index (χ3n) is 5.11. The maximum absolute atomic E-state index is 13.1. The van der Waals surface area contributed by atoms with E-state index in [-0.39, 0.29) is 17.6 Å². The third-order valence-corrected chi connectivity index (χ3v) is 5.11. The van der Waals surface area contributed by atoms with Gasteiger partial charge in [-0.15, -0.1) is 0 Å². The Morgan fingerprint density at radius 2 is 2.09 bits per heavy atom. The number of carbonyl (C=O) groups excluding carboxylic acids is 1. The minimum absolute atomic E-state index is 0.0829. The molecule has 2 aromatic rings. The highest BCUT2D eigenvalue weighted by Crippen LogP contribution is 2.29. The first-order valence-electron chi connectivity index (χ1n) is 8.29. The van der Waals surface area contributed by atoms with Crippen LogP contribution in [0.4, 0.5) is 0 Å². The van der Waals surface area contributed by atoms with Crippen molar-refractivity contribution in [3.8, 4) is 0 Å². The summed E-state index contributed by atoms with van der Waals surface area (Å²) in [5.41, 5.74) is 3.87. The molecule has 1 aromatic heterocycles. The number of para-hydroxylation sites is 1. The number of ether oxygens (including phenoxy) is 1. The van der Waals surface area contributed by atoms with Gasteiger partial charge >= 0.3 is 0 Å². The fourth-order valence-corrected chi connectivity index (χ4v) is 3.55. The fraction of sp³-hybridized carbons (Fsp3) is 0.526. The van der Waals surface area contributed by atoms with E-state index >= 15 is 0 Å². The quantitative estimate of drug-likeness (QED) is 0.916. The van der Waals surface area contributed by atoms with E-state index in [1.807, 2.05) is 31.0 Å². The molecule has 4 heteroatoms. The maximum Gasteiger partial charge on any atom is 0.255 e. The highest BCUT2D eigenvalue weighted by molar-refractivity contribution is 6.06. The summed E-state index contributed by atoms with van der Waals surface area (Å²) in [6.45, 7) is 9.04. The zero-order chi connectivity index (χ0) is 16.8. The molecule has 2 heterocycles. The number of aromatic amines is 1. The minimum Gasteiger partial charge on any atom is -0.375 e. The number of H-pyrrole nitrogens is 1. The number of hydrogen-bond donors (Lipinski definition) is 1. The first-order valence-corrected chi connectivity index (χ1v) is 8.29. The number of benzene rings is 1. The van der Waals surface area contributed by atoms with Crippen molar-refractivity contribution in [1.82, 2.24) is 9.88 Å². The molecule has 0 spiro atoms. The van der Waals surface area contributed by atoms with Crippen LogP contribution in [0, 0.1) is 13.8 Å². The standard InChI is InChI=1S/C19H26N2O2/c1-12-13(2)20-17-15(12)7-6-8-16(17)18(22)21(5)14-9-10-23-19(3,4)11-14/h6-8,14,20H,9-11H2,1-5H3/t14-/m1/s1. The average molecular weight is 314 g/mol.